The minimum atomic E-state index is -4.57. The minimum Gasteiger partial charge on any atom is -0.365 e. The molecule has 3 heterocycles. The number of pyridine rings is 1. The van der Waals surface area contributed by atoms with Gasteiger partial charge in [0, 0.05) is 13.1 Å². The first kappa shape index (κ1) is 21.7. The van der Waals surface area contributed by atoms with Gasteiger partial charge in [-0.3, -0.25) is 4.79 Å². The van der Waals surface area contributed by atoms with Crippen molar-refractivity contribution in [2.45, 2.75) is 19.3 Å². The Bertz CT molecular complexity index is 1180. The number of nitrogens with zero attached hydrogens (tertiary/aromatic N) is 3. The number of benzene rings is 1. The van der Waals surface area contributed by atoms with Crippen LogP contribution in [0.5, 0.6) is 0 Å². The van der Waals surface area contributed by atoms with Crippen molar-refractivity contribution in [1.82, 2.24) is 14.5 Å². The lowest BCUT2D eigenvalue weighted by atomic mass is 10.1. The predicted octanol–water partition coefficient (Wildman–Crippen LogP) is 4.37. The number of halogens is 4. The number of hydrogen-bond acceptors (Lipinski definition) is 3. The first-order valence-electron chi connectivity index (χ1n) is 9.52. The van der Waals surface area contributed by atoms with E-state index in [-0.39, 0.29) is 29.4 Å². The van der Waals surface area contributed by atoms with Crippen molar-refractivity contribution in [1.29, 1.82) is 0 Å². The smallest absolute Gasteiger partial charge is 0.365 e. The van der Waals surface area contributed by atoms with Crippen LogP contribution in [0.2, 0.25) is 5.02 Å². The number of rotatable bonds is 3. The normalized spacial score (nSPS) is 13.6. The van der Waals surface area contributed by atoms with Gasteiger partial charge in [-0.25, -0.2) is 9.78 Å². The zero-order chi connectivity index (χ0) is 23.0. The predicted molar refractivity (Wildman–Crippen MR) is 112 cm³/mol. The maximum absolute atomic E-state index is 12.7. The van der Waals surface area contributed by atoms with Crippen molar-refractivity contribution in [2.24, 2.45) is 5.73 Å². The van der Waals surface area contributed by atoms with Gasteiger partial charge in [0.1, 0.15) is 5.69 Å². The second-order valence-electron chi connectivity index (χ2n) is 7.15. The van der Waals surface area contributed by atoms with Crippen molar-refractivity contribution in [2.75, 3.05) is 11.9 Å². The number of aromatic nitrogens is 2. The molecule has 0 bridgehead atoms. The molecule has 0 aliphatic carbocycles. The van der Waals surface area contributed by atoms with Crippen molar-refractivity contribution in [3.8, 4) is 11.3 Å². The Kier molecular flexibility index (Phi) is 5.55. The highest BCUT2D eigenvalue weighted by molar-refractivity contribution is 6.36. The summed E-state index contributed by atoms with van der Waals surface area (Å²) in [5, 5.41) is 2.74. The molecule has 0 atom stereocenters. The summed E-state index contributed by atoms with van der Waals surface area (Å²) in [4.78, 5) is 29.6. The number of urea groups is 1. The SMILES string of the molecule is NC(=O)c1c(Cl)c(-c2ccccc2)n2c1CN(C(=O)Nc1ccc(C(F)(F)F)nc1)CC2. The van der Waals surface area contributed by atoms with Gasteiger partial charge >= 0.3 is 12.2 Å². The van der Waals surface area contributed by atoms with Gasteiger partial charge in [-0.05, 0) is 17.7 Å². The molecule has 32 heavy (non-hydrogen) atoms. The summed E-state index contributed by atoms with van der Waals surface area (Å²) >= 11 is 6.52. The quantitative estimate of drug-likeness (QED) is 0.604. The lowest BCUT2D eigenvalue weighted by molar-refractivity contribution is -0.141. The number of nitrogens with one attached hydrogen (secondary N) is 1. The number of amides is 3. The molecule has 7 nitrogen and oxygen atoms in total. The van der Waals surface area contributed by atoms with Gasteiger partial charge < -0.3 is 20.5 Å². The molecule has 0 saturated heterocycles. The van der Waals surface area contributed by atoms with Crippen molar-refractivity contribution in [3.05, 3.63) is 70.6 Å². The Balaban J connectivity index is 1.59. The number of fused-ring (bicyclic) bond motifs is 1. The molecule has 4 rings (SSSR count). The van der Waals surface area contributed by atoms with Crippen molar-refractivity contribution < 1.29 is 22.8 Å². The summed E-state index contributed by atoms with van der Waals surface area (Å²) in [7, 11) is 0. The number of nitrogens with two attached hydrogens (primary N) is 1. The average molecular weight is 464 g/mol. The molecule has 166 valence electrons. The van der Waals surface area contributed by atoms with Crippen LogP contribution < -0.4 is 11.1 Å². The molecule has 0 saturated carbocycles. The summed E-state index contributed by atoms with van der Waals surface area (Å²) in [6, 6.07) is 10.6. The maximum Gasteiger partial charge on any atom is 0.433 e. The van der Waals surface area contributed by atoms with Gasteiger partial charge in [-0.1, -0.05) is 41.9 Å². The van der Waals surface area contributed by atoms with Crippen LogP contribution in [0, 0.1) is 0 Å². The summed E-state index contributed by atoms with van der Waals surface area (Å²) in [6.07, 6.45) is -3.63. The topological polar surface area (TPSA) is 93.3 Å². The van der Waals surface area contributed by atoms with E-state index in [4.69, 9.17) is 17.3 Å². The molecule has 0 unspecified atom stereocenters. The second kappa shape index (κ2) is 8.19. The van der Waals surface area contributed by atoms with E-state index in [0.717, 1.165) is 23.9 Å². The van der Waals surface area contributed by atoms with E-state index < -0.39 is 23.8 Å². The molecule has 2 aromatic heterocycles. The van der Waals surface area contributed by atoms with E-state index in [2.05, 4.69) is 10.3 Å². The lowest BCUT2D eigenvalue weighted by Gasteiger charge is -2.30. The molecule has 3 aromatic rings. The highest BCUT2D eigenvalue weighted by Gasteiger charge is 2.33. The monoisotopic (exact) mass is 463 g/mol. The van der Waals surface area contributed by atoms with E-state index in [1.54, 1.807) is 0 Å². The number of carbonyl (C=O) groups is 2. The van der Waals surface area contributed by atoms with E-state index in [9.17, 15) is 22.8 Å². The van der Waals surface area contributed by atoms with E-state index in [0.29, 0.717) is 17.9 Å². The van der Waals surface area contributed by atoms with Gasteiger partial charge in [0.2, 0.25) is 0 Å². The molecule has 0 spiro atoms. The van der Waals surface area contributed by atoms with E-state index >= 15 is 0 Å². The van der Waals surface area contributed by atoms with Crippen LogP contribution in [0.3, 0.4) is 0 Å². The van der Waals surface area contributed by atoms with Crippen LogP contribution in [-0.2, 0) is 19.3 Å². The van der Waals surface area contributed by atoms with Crippen LogP contribution in [0.15, 0.2) is 48.7 Å². The fourth-order valence-corrected chi connectivity index (χ4v) is 4.08. The summed E-state index contributed by atoms with van der Waals surface area (Å²) < 4.78 is 39.9. The molecule has 1 aliphatic rings. The van der Waals surface area contributed by atoms with Crippen LogP contribution in [0.25, 0.3) is 11.3 Å². The molecular formula is C21H17ClF3N5O2. The standard InChI is InChI=1S/C21H17ClF3N5O2/c22-17-16(19(26)31)14-11-29(8-9-30(14)18(17)12-4-2-1-3-5-12)20(32)28-13-6-7-15(27-10-13)21(23,24)25/h1-7,10H,8-9,11H2,(H2,26,31)(H,28,32). The van der Waals surface area contributed by atoms with Crippen LogP contribution in [0.4, 0.5) is 23.7 Å². The van der Waals surface area contributed by atoms with Gasteiger partial charge in [0.15, 0.2) is 0 Å². The molecule has 11 heteroatoms. The Morgan fingerprint density at radius 3 is 2.41 bits per heavy atom. The molecule has 0 fully saturated rings. The van der Waals surface area contributed by atoms with Crippen LogP contribution >= 0.6 is 11.6 Å². The minimum absolute atomic E-state index is 0.0464. The lowest BCUT2D eigenvalue weighted by Crippen LogP contribution is -2.41. The Morgan fingerprint density at radius 1 is 1.09 bits per heavy atom. The third-order valence-corrected chi connectivity index (χ3v) is 5.50. The third kappa shape index (κ3) is 4.01. The van der Waals surface area contributed by atoms with Crippen molar-refractivity contribution >= 4 is 29.2 Å². The maximum atomic E-state index is 12.7. The first-order valence-corrected chi connectivity index (χ1v) is 9.90. The molecular weight excluding hydrogens is 447 g/mol. The highest BCUT2D eigenvalue weighted by Crippen LogP contribution is 2.38. The first-order chi connectivity index (χ1) is 15.2. The summed E-state index contributed by atoms with van der Waals surface area (Å²) in [5.74, 6) is -0.713. The largest absolute Gasteiger partial charge is 0.433 e. The van der Waals surface area contributed by atoms with Gasteiger partial charge in [0.05, 0.1) is 40.4 Å². The van der Waals surface area contributed by atoms with Gasteiger partial charge in [-0.2, -0.15) is 13.2 Å². The van der Waals surface area contributed by atoms with Gasteiger partial charge in [0.25, 0.3) is 5.91 Å². The molecule has 0 radical (unpaired) electrons. The van der Waals surface area contributed by atoms with Crippen LogP contribution in [0.1, 0.15) is 21.7 Å². The number of primary amides is 1. The van der Waals surface area contributed by atoms with E-state index in [1.165, 1.54) is 4.90 Å². The zero-order valence-corrected chi connectivity index (χ0v) is 17.2. The Hall–Kier alpha value is -3.53. The number of alkyl halides is 3. The van der Waals surface area contributed by atoms with Crippen molar-refractivity contribution in [3.63, 3.8) is 0 Å². The summed E-state index contributed by atoms with van der Waals surface area (Å²) in [5.41, 5.74) is 6.71. The average Bonchev–Trinajstić information content (AvgIpc) is 3.05. The number of carbonyl (C=O) groups excluding carboxylic acids is 2. The Morgan fingerprint density at radius 2 is 1.81 bits per heavy atom. The number of anilines is 1. The Labute approximate surface area is 185 Å². The molecule has 3 N–H and O–H groups in total. The highest BCUT2D eigenvalue weighted by atomic mass is 35.5. The third-order valence-electron chi connectivity index (χ3n) is 5.13. The second-order valence-corrected chi connectivity index (χ2v) is 7.53. The summed E-state index contributed by atoms with van der Waals surface area (Å²) in [6.45, 7) is 0.686. The van der Waals surface area contributed by atoms with E-state index in [1.807, 2.05) is 34.9 Å². The molecule has 1 aromatic carbocycles. The number of hydrogen-bond donors (Lipinski definition) is 2. The zero-order valence-electron chi connectivity index (χ0n) is 16.5. The fourth-order valence-electron chi connectivity index (χ4n) is 3.67. The molecule has 1 aliphatic heterocycles. The fraction of sp³-hybridized carbons (Fsp3) is 0.190. The van der Waals surface area contributed by atoms with Gasteiger partial charge in [-0.15, -0.1) is 0 Å². The van der Waals surface area contributed by atoms with Crippen LogP contribution in [-0.4, -0.2) is 32.9 Å². The molecule has 3 amide bonds.